The normalized spacial score (nSPS) is 23.0. The molecule has 1 aliphatic rings. The fourth-order valence-electron chi connectivity index (χ4n) is 2.48. The van der Waals surface area contributed by atoms with Gasteiger partial charge in [0.15, 0.2) is 0 Å². The van der Waals surface area contributed by atoms with Gasteiger partial charge in [-0.1, -0.05) is 25.7 Å². The Bertz CT molecular complexity index is 315. The van der Waals surface area contributed by atoms with E-state index in [9.17, 15) is 18.6 Å². The molecule has 0 heterocycles. The summed E-state index contributed by atoms with van der Waals surface area (Å²) in [5.41, 5.74) is -0.992. The number of aliphatic hydroxyl groups excluding tert-OH is 1. The smallest absolute Gasteiger partial charge is 0.147 e. The van der Waals surface area contributed by atoms with E-state index in [0.29, 0.717) is 25.7 Å². The van der Waals surface area contributed by atoms with Gasteiger partial charge in [0, 0.05) is 12.0 Å². The molecule has 4 nitrogen and oxygen atoms in total. The highest BCUT2D eigenvalue weighted by atomic mass is 32.2. The third-order valence-electron chi connectivity index (χ3n) is 3.58. The summed E-state index contributed by atoms with van der Waals surface area (Å²) in [6, 6.07) is 0. The maximum absolute atomic E-state index is 11.0. The van der Waals surface area contributed by atoms with E-state index in [1.807, 2.05) is 0 Å². The zero-order chi connectivity index (χ0) is 12.9. The molecule has 102 valence electrons. The number of hydrogen-bond acceptors (Lipinski definition) is 4. The van der Waals surface area contributed by atoms with Crippen LogP contribution in [0.3, 0.4) is 0 Å². The lowest BCUT2D eigenvalue weighted by molar-refractivity contribution is -0.0873. The molecule has 0 radical (unpaired) electrons. The Morgan fingerprint density at radius 1 is 1.18 bits per heavy atom. The van der Waals surface area contributed by atoms with E-state index in [1.54, 1.807) is 0 Å². The van der Waals surface area contributed by atoms with E-state index in [-0.39, 0.29) is 5.75 Å². The molecular weight excluding hydrogens is 240 g/mol. The minimum Gasteiger partial charge on any atom is -0.390 e. The molecule has 1 atom stereocenters. The van der Waals surface area contributed by atoms with Gasteiger partial charge in [-0.15, -0.1) is 0 Å². The first-order chi connectivity index (χ1) is 7.83. The lowest BCUT2D eigenvalue weighted by Crippen LogP contribution is -2.42. The Balaban J connectivity index is 2.41. The Hall–Kier alpha value is -0.130. The number of rotatable bonds is 5. The lowest BCUT2D eigenvalue weighted by atomic mass is 9.86. The number of sulfone groups is 1. The molecule has 0 aromatic heterocycles. The van der Waals surface area contributed by atoms with Gasteiger partial charge < -0.3 is 10.2 Å². The zero-order valence-electron chi connectivity index (χ0n) is 10.6. The van der Waals surface area contributed by atoms with E-state index in [1.165, 1.54) is 6.26 Å². The summed E-state index contributed by atoms with van der Waals surface area (Å²) in [4.78, 5) is 0. The minimum absolute atomic E-state index is 0.0835. The van der Waals surface area contributed by atoms with Crippen molar-refractivity contribution in [2.24, 2.45) is 0 Å². The van der Waals surface area contributed by atoms with Crippen LogP contribution >= 0.6 is 0 Å². The molecular formula is C12H24O4S. The van der Waals surface area contributed by atoms with Crippen molar-refractivity contribution in [2.75, 3.05) is 12.0 Å². The molecule has 0 aromatic carbocycles. The average molecular weight is 264 g/mol. The fourth-order valence-corrected chi connectivity index (χ4v) is 3.17. The van der Waals surface area contributed by atoms with Crippen molar-refractivity contribution >= 4 is 9.84 Å². The van der Waals surface area contributed by atoms with Crippen molar-refractivity contribution in [3.8, 4) is 0 Å². The first kappa shape index (κ1) is 14.9. The van der Waals surface area contributed by atoms with E-state index in [0.717, 1.165) is 25.7 Å². The van der Waals surface area contributed by atoms with E-state index in [4.69, 9.17) is 0 Å². The van der Waals surface area contributed by atoms with E-state index in [2.05, 4.69) is 0 Å². The van der Waals surface area contributed by atoms with E-state index >= 15 is 0 Å². The van der Waals surface area contributed by atoms with Gasteiger partial charge in [-0.3, -0.25) is 0 Å². The van der Waals surface area contributed by atoms with Crippen LogP contribution in [0.5, 0.6) is 0 Å². The third-order valence-corrected chi connectivity index (χ3v) is 4.61. The Labute approximate surface area is 104 Å². The molecule has 1 rings (SSSR count). The molecule has 0 bridgehead atoms. The molecule has 1 fully saturated rings. The summed E-state index contributed by atoms with van der Waals surface area (Å²) in [6.07, 6.45) is 6.56. The summed E-state index contributed by atoms with van der Waals surface area (Å²) in [5, 5.41) is 20.4. The SMILES string of the molecule is CS(=O)(=O)CCCC(O)C1(O)CCCCCC1. The maximum Gasteiger partial charge on any atom is 0.147 e. The lowest BCUT2D eigenvalue weighted by Gasteiger charge is -2.32. The van der Waals surface area contributed by atoms with Crippen LogP contribution in [-0.2, 0) is 9.84 Å². The Kier molecular flexibility index (Phi) is 5.41. The highest BCUT2D eigenvalue weighted by Gasteiger charge is 2.35. The second-order valence-corrected chi connectivity index (χ2v) is 7.57. The van der Waals surface area contributed by atoms with Crippen LogP contribution in [0, 0.1) is 0 Å². The number of hydrogen-bond donors (Lipinski definition) is 2. The summed E-state index contributed by atoms with van der Waals surface area (Å²) in [7, 11) is -2.97. The van der Waals surface area contributed by atoms with Crippen LogP contribution in [0.1, 0.15) is 51.4 Å². The monoisotopic (exact) mass is 264 g/mol. The summed E-state index contributed by atoms with van der Waals surface area (Å²) < 4.78 is 22.0. The first-order valence-corrected chi connectivity index (χ1v) is 8.48. The Morgan fingerprint density at radius 2 is 1.71 bits per heavy atom. The molecule has 5 heteroatoms. The fraction of sp³-hybridized carbons (Fsp3) is 1.00. The molecule has 1 aliphatic carbocycles. The van der Waals surface area contributed by atoms with Crippen molar-refractivity contribution in [3.05, 3.63) is 0 Å². The zero-order valence-corrected chi connectivity index (χ0v) is 11.4. The van der Waals surface area contributed by atoms with Crippen LogP contribution in [-0.4, -0.2) is 42.3 Å². The van der Waals surface area contributed by atoms with Gasteiger partial charge in [0.25, 0.3) is 0 Å². The van der Waals surface area contributed by atoms with Crippen LogP contribution < -0.4 is 0 Å². The summed E-state index contributed by atoms with van der Waals surface area (Å²) in [5.74, 6) is 0.0835. The van der Waals surface area contributed by atoms with E-state index < -0.39 is 21.5 Å². The maximum atomic E-state index is 11.0. The molecule has 0 aliphatic heterocycles. The minimum atomic E-state index is -2.97. The first-order valence-electron chi connectivity index (χ1n) is 6.42. The average Bonchev–Trinajstić information content (AvgIpc) is 2.42. The molecule has 2 N–H and O–H groups in total. The summed E-state index contributed by atoms with van der Waals surface area (Å²) in [6.45, 7) is 0. The highest BCUT2D eigenvalue weighted by molar-refractivity contribution is 7.90. The van der Waals surface area contributed by atoms with Gasteiger partial charge in [-0.05, 0) is 25.7 Å². The quantitative estimate of drug-likeness (QED) is 0.733. The second kappa shape index (κ2) is 6.16. The van der Waals surface area contributed by atoms with Crippen LogP contribution in [0.2, 0.25) is 0 Å². The molecule has 1 saturated carbocycles. The predicted molar refractivity (Wildman–Crippen MR) is 67.6 cm³/mol. The predicted octanol–water partition coefficient (Wildman–Crippen LogP) is 1.26. The topological polar surface area (TPSA) is 74.6 Å². The van der Waals surface area contributed by atoms with Crippen molar-refractivity contribution in [1.82, 2.24) is 0 Å². The molecule has 0 spiro atoms. The van der Waals surface area contributed by atoms with Crippen molar-refractivity contribution < 1.29 is 18.6 Å². The molecule has 17 heavy (non-hydrogen) atoms. The van der Waals surface area contributed by atoms with Gasteiger partial charge >= 0.3 is 0 Å². The van der Waals surface area contributed by atoms with Gasteiger partial charge in [0.1, 0.15) is 9.84 Å². The second-order valence-electron chi connectivity index (χ2n) is 5.31. The van der Waals surface area contributed by atoms with Gasteiger partial charge in [0.2, 0.25) is 0 Å². The molecule has 0 saturated heterocycles. The molecule has 0 aromatic rings. The standard InChI is InChI=1S/C12H24O4S/c1-17(15,16)10-6-7-11(13)12(14)8-4-2-3-5-9-12/h11,13-14H,2-10H2,1H3. The van der Waals surface area contributed by atoms with Crippen LogP contribution in [0.15, 0.2) is 0 Å². The van der Waals surface area contributed by atoms with Crippen LogP contribution in [0.4, 0.5) is 0 Å². The van der Waals surface area contributed by atoms with Crippen molar-refractivity contribution in [2.45, 2.75) is 63.1 Å². The Morgan fingerprint density at radius 3 is 2.18 bits per heavy atom. The highest BCUT2D eigenvalue weighted by Crippen LogP contribution is 2.31. The van der Waals surface area contributed by atoms with Crippen molar-refractivity contribution in [3.63, 3.8) is 0 Å². The molecule has 1 unspecified atom stereocenters. The van der Waals surface area contributed by atoms with Crippen molar-refractivity contribution in [1.29, 1.82) is 0 Å². The van der Waals surface area contributed by atoms with Crippen LogP contribution in [0.25, 0.3) is 0 Å². The summed E-state index contributed by atoms with van der Waals surface area (Å²) >= 11 is 0. The van der Waals surface area contributed by atoms with Gasteiger partial charge in [-0.25, -0.2) is 8.42 Å². The van der Waals surface area contributed by atoms with Gasteiger partial charge in [-0.2, -0.15) is 0 Å². The number of aliphatic hydroxyl groups is 2. The van der Waals surface area contributed by atoms with Gasteiger partial charge in [0.05, 0.1) is 11.7 Å². The largest absolute Gasteiger partial charge is 0.390 e. The third kappa shape index (κ3) is 5.36. The molecule has 0 amide bonds.